The Hall–Kier alpha value is -1.42. The Balaban J connectivity index is 2.65. The molecule has 4 heteroatoms. The molecule has 0 heterocycles. The Kier molecular flexibility index (Phi) is 3.80. The minimum Gasteiger partial charge on any atom is -0.480 e. The van der Waals surface area contributed by atoms with Crippen molar-refractivity contribution in [3.8, 4) is 0 Å². The first-order valence-corrected chi connectivity index (χ1v) is 4.72. The molecule has 0 aromatic heterocycles. The van der Waals surface area contributed by atoms with Crippen LogP contribution in [0.15, 0.2) is 18.2 Å². The Bertz CT molecular complexity index is 366. The summed E-state index contributed by atoms with van der Waals surface area (Å²) in [6.45, 7) is 3.77. The molecule has 82 valence electrons. The molecular formula is C11H14FNO2. The molecule has 1 unspecified atom stereocenters. The number of nitrogens with one attached hydrogen (secondary N) is 1. The third-order valence-electron chi connectivity index (χ3n) is 2.28. The van der Waals surface area contributed by atoms with Crippen molar-refractivity contribution in [1.29, 1.82) is 0 Å². The van der Waals surface area contributed by atoms with Crippen molar-refractivity contribution >= 4 is 5.97 Å². The lowest BCUT2D eigenvalue weighted by molar-refractivity contribution is -0.139. The number of hydrogen-bond acceptors (Lipinski definition) is 2. The lowest BCUT2D eigenvalue weighted by Crippen LogP contribution is -2.33. The fourth-order valence-corrected chi connectivity index (χ4v) is 1.18. The van der Waals surface area contributed by atoms with Crippen LogP contribution in [0.1, 0.15) is 18.1 Å². The molecule has 1 rings (SSSR count). The maximum absolute atomic E-state index is 12.9. The highest BCUT2D eigenvalue weighted by molar-refractivity contribution is 5.72. The molecule has 0 saturated heterocycles. The van der Waals surface area contributed by atoms with Gasteiger partial charge in [0, 0.05) is 6.54 Å². The number of benzene rings is 1. The number of carboxylic acids is 1. The molecule has 0 bridgehead atoms. The van der Waals surface area contributed by atoms with Crippen LogP contribution in [-0.4, -0.2) is 17.1 Å². The van der Waals surface area contributed by atoms with Gasteiger partial charge in [-0.15, -0.1) is 0 Å². The summed E-state index contributed by atoms with van der Waals surface area (Å²) in [6.07, 6.45) is 0. The summed E-state index contributed by atoms with van der Waals surface area (Å²) >= 11 is 0. The lowest BCUT2D eigenvalue weighted by Gasteiger charge is -2.10. The van der Waals surface area contributed by atoms with Crippen LogP contribution in [-0.2, 0) is 11.3 Å². The fraction of sp³-hybridized carbons (Fsp3) is 0.364. The molecule has 0 aliphatic carbocycles. The number of aliphatic carboxylic acids is 1. The standard InChI is InChI=1S/C11H14FNO2/c1-7-3-4-10(12)5-9(7)6-13-8(2)11(14)15/h3-5,8,13H,6H2,1-2H3,(H,14,15). The van der Waals surface area contributed by atoms with Crippen LogP contribution in [0.3, 0.4) is 0 Å². The van der Waals surface area contributed by atoms with Gasteiger partial charge >= 0.3 is 5.97 Å². The van der Waals surface area contributed by atoms with Crippen molar-refractivity contribution in [2.45, 2.75) is 26.4 Å². The van der Waals surface area contributed by atoms with E-state index in [9.17, 15) is 9.18 Å². The number of carbonyl (C=O) groups is 1. The SMILES string of the molecule is Cc1ccc(F)cc1CNC(C)C(=O)O. The number of halogens is 1. The highest BCUT2D eigenvalue weighted by Crippen LogP contribution is 2.09. The third kappa shape index (κ3) is 3.32. The molecule has 1 aromatic rings. The Morgan fingerprint density at radius 1 is 1.60 bits per heavy atom. The maximum atomic E-state index is 12.9. The fourth-order valence-electron chi connectivity index (χ4n) is 1.18. The predicted molar refractivity (Wildman–Crippen MR) is 55.1 cm³/mol. The van der Waals surface area contributed by atoms with Gasteiger partial charge in [-0.05, 0) is 37.1 Å². The summed E-state index contributed by atoms with van der Waals surface area (Å²) < 4.78 is 12.9. The molecule has 0 aliphatic heterocycles. The summed E-state index contributed by atoms with van der Waals surface area (Å²) in [4.78, 5) is 10.5. The average Bonchev–Trinajstić information content (AvgIpc) is 2.18. The van der Waals surface area contributed by atoms with Crippen LogP contribution in [0, 0.1) is 12.7 Å². The zero-order valence-electron chi connectivity index (χ0n) is 8.75. The number of carboxylic acid groups (broad SMARTS) is 1. The molecule has 0 fully saturated rings. The van der Waals surface area contributed by atoms with E-state index >= 15 is 0 Å². The van der Waals surface area contributed by atoms with E-state index in [1.54, 1.807) is 13.0 Å². The van der Waals surface area contributed by atoms with Crippen LogP contribution in [0.2, 0.25) is 0 Å². The van der Waals surface area contributed by atoms with Crippen molar-refractivity contribution in [2.24, 2.45) is 0 Å². The molecule has 2 N–H and O–H groups in total. The van der Waals surface area contributed by atoms with Gasteiger partial charge in [-0.3, -0.25) is 4.79 Å². The van der Waals surface area contributed by atoms with E-state index in [-0.39, 0.29) is 5.82 Å². The normalized spacial score (nSPS) is 12.5. The molecule has 1 atom stereocenters. The van der Waals surface area contributed by atoms with E-state index in [4.69, 9.17) is 5.11 Å². The molecule has 0 radical (unpaired) electrons. The summed E-state index contributed by atoms with van der Waals surface area (Å²) in [5, 5.41) is 11.4. The van der Waals surface area contributed by atoms with E-state index in [1.165, 1.54) is 12.1 Å². The Morgan fingerprint density at radius 2 is 2.27 bits per heavy atom. The molecule has 0 amide bonds. The molecular weight excluding hydrogens is 197 g/mol. The van der Waals surface area contributed by atoms with Crippen LogP contribution >= 0.6 is 0 Å². The predicted octanol–water partition coefficient (Wildman–Crippen LogP) is 1.70. The van der Waals surface area contributed by atoms with E-state index in [0.29, 0.717) is 6.54 Å². The van der Waals surface area contributed by atoms with Crippen molar-refractivity contribution in [1.82, 2.24) is 5.32 Å². The summed E-state index contributed by atoms with van der Waals surface area (Å²) in [6, 6.07) is 3.85. The van der Waals surface area contributed by atoms with Crippen molar-refractivity contribution < 1.29 is 14.3 Å². The Morgan fingerprint density at radius 3 is 2.87 bits per heavy atom. The summed E-state index contributed by atoms with van der Waals surface area (Å²) in [5.41, 5.74) is 1.73. The molecule has 0 saturated carbocycles. The zero-order valence-corrected chi connectivity index (χ0v) is 8.75. The topological polar surface area (TPSA) is 49.3 Å². The van der Waals surface area contributed by atoms with Gasteiger partial charge in [-0.25, -0.2) is 4.39 Å². The summed E-state index contributed by atoms with van der Waals surface area (Å²) in [5.74, 6) is -1.22. The van der Waals surface area contributed by atoms with Crippen LogP contribution in [0.4, 0.5) is 4.39 Å². The second-order valence-electron chi connectivity index (χ2n) is 3.51. The minimum absolute atomic E-state index is 0.305. The van der Waals surface area contributed by atoms with E-state index < -0.39 is 12.0 Å². The number of hydrogen-bond donors (Lipinski definition) is 2. The van der Waals surface area contributed by atoms with E-state index in [1.807, 2.05) is 6.92 Å². The van der Waals surface area contributed by atoms with Gasteiger partial charge in [-0.1, -0.05) is 6.07 Å². The van der Waals surface area contributed by atoms with Gasteiger partial charge in [0.15, 0.2) is 0 Å². The van der Waals surface area contributed by atoms with Gasteiger partial charge in [0.2, 0.25) is 0 Å². The minimum atomic E-state index is -0.913. The van der Waals surface area contributed by atoms with Crippen molar-refractivity contribution in [3.63, 3.8) is 0 Å². The first kappa shape index (κ1) is 11.7. The first-order chi connectivity index (χ1) is 7.00. The highest BCUT2D eigenvalue weighted by atomic mass is 19.1. The third-order valence-corrected chi connectivity index (χ3v) is 2.28. The van der Waals surface area contributed by atoms with Gasteiger partial charge < -0.3 is 10.4 Å². The van der Waals surface area contributed by atoms with Crippen LogP contribution in [0.5, 0.6) is 0 Å². The van der Waals surface area contributed by atoms with Gasteiger partial charge in [0.1, 0.15) is 11.9 Å². The highest BCUT2D eigenvalue weighted by Gasteiger charge is 2.10. The second kappa shape index (κ2) is 4.89. The maximum Gasteiger partial charge on any atom is 0.320 e. The largest absolute Gasteiger partial charge is 0.480 e. The van der Waals surface area contributed by atoms with Crippen molar-refractivity contribution in [3.05, 3.63) is 35.1 Å². The zero-order chi connectivity index (χ0) is 11.4. The molecule has 15 heavy (non-hydrogen) atoms. The molecule has 0 spiro atoms. The van der Waals surface area contributed by atoms with E-state index in [0.717, 1.165) is 11.1 Å². The summed E-state index contributed by atoms with van der Waals surface area (Å²) in [7, 11) is 0. The lowest BCUT2D eigenvalue weighted by atomic mass is 10.1. The van der Waals surface area contributed by atoms with Gasteiger partial charge in [0.25, 0.3) is 0 Å². The smallest absolute Gasteiger partial charge is 0.320 e. The van der Waals surface area contributed by atoms with E-state index in [2.05, 4.69) is 5.32 Å². The quantitative estimate of drug-likeness (QED) is 0.796. The number of rotatable bonds is 4. The van der Waals surface area contributed by atoms with Crippen molar-refractivity contribution in [2.75, 3.05) is 0 Å². The Labute approximate surface area is 87.9 Å². The molecule has 1 aromatic carbocycles. The van der Waals surface area contributed by atoms with Crippen LogP contribution in [0.25, 0.3) is 0 Å². The molecule has 0 aliphatic rings. The monoisotopic (exact) mass is 211 g/mol. The average molecular weight is 211 g/mol. The first-order valence-electron chi connectivity index (χ1n) is 4.72. The van der Waals surface area contributed by atoms with Gasteiger partial charge in [-0.2, -0.15) is 0 Å². The van der Waals surface area contributed by atoms with Gasteiger partial charge in [0.05, 0.1) is 0 Å². The number of aryl methyl sites for hydroxylation is 1. The molecule has 3 nitrogen and oxygen atoms in total. The van der Waals surface area contributed by atoms with Crippen LogP contribution < -0.4 is 5.32 Å². The second-order valence-corrected chi connectivity index (χ2v) is 3.51.